The van der Waals surface area contributed by atoms with Gasteiger partial charge in [0, 0.05) is 11.0 Å². The third kappa shape index (κ3) is 4.00. The first kappa shape index (κ1) is 25.3. The summed E-state index contributed by atoms with van der Waals surface area (Å²) in [5, 5.41) is 14.4. The summed E-state index contributed by atoms with van der Waals surface area (Å²) in [5.74, 6) is 4.46. The van der Waals surface area contributed by atoms with E-state index < -0.39 is 0 Å². The standard InChI is InChI=1S/C32H30N8.Fe/c1-2-10-18-17(9-1)25-33-26(18)38-28-21-13-5-6-14-22(21)30(35-28)40-32-24-16-8-7-15-23(24)31(36-32)39-29-20-12-4-3-11-19(20)27(34-29)37-25;/h1-2,7-10,15-16,19-22,27-28H,3-6,11-14H2;/q-4;+4. The van der Waals surface area contributed by atoms with Crippen LogP contribution in [0.3, 0.4) is 0 Å². The summed E-state index contributed by atoms with van der Waals surface area (Å²) in [6.45, 7) is 0. The predicted molar refractivity (Wildman–Crippen MR) is 156 cm³/mol. The van der Waals surface area contributed by atoms with E-state index in [1.54, 1.807) is 0 Å². The van der Waals surface area contributed by atoms with Crippen LogP contribution in [0.5, 0.6) is 0 Å². The van der Waals surface area contributed by atoms with Crippen LogP contribution in [0.1, 0.15) is 51.4 Å². The maximum absolute atomic E-state index is 5.22. The maximum Gasteiger partial charge on any atom is 4.00 e. The molecule has 9 rings (SSSR count). The van der Waals surface area contributed by atoms with Crippen LogP contribution >= 0.6 is 0 Å². The third-order valence-corrected chi connectivity index (χ3v) is 9.79. The van der Waals surface area contributed by atoms with Crippen molar-refractivity contribution in [2.45, 2.75) is 63.7 Å². The molecule has 2 aliphatic carbocycles. The number of hydrogen-bond donors (Lipinski definition) is 0. The number of fused-ring (bicyclic) bond motifs is 20. The Labute approximate surface area is 248 Å². The second-order valence-corrected chi connectivity index (χ2v) is 12.0. The van der Waals surface area contributed by atoms with Gasteiger partial charge >= 0.3 is 17.1 Å². The van der Waals surface area contributed by atoms with Gasteiger partial charge < -0.3 is 40.6 Å². The summed E-state index contributed by atoms with van der Waals surface area (Å²) in [6.07, 6.45) is 8.82. The Kier molecular flexibility index (Phi) is 6.08. The fourth-order valence-electron chi connectivity index (χ4n) is 7.82. The fourth-order valence-corrected chi connectivity index (χ4v) is 7.82. The van der Waals surface area contributed by atoms with Crippen molar-refractivity contribution in [3.8, 4) is 0 Å². The van der Waals surface area contributed by atoms with Crippen LogP contribution in [0.4, 0.5) is 11.6 Å². The van der Waals surface area contributed by atoms with Crippen LogP contribution in [0.2, 0.25) is 0 Å². The normalized spacial score (nSPS) is 34.2. The van der Waals surface area contributed by atoms with Gasteiger partial charge in [-0.05, 0) is 94.9 Å². The smallest absolute Gasteiger partial charge is 0.459 e. The molecule has 8 nitrogen and oxygen atoms in total. The molecule has 6 atom stereocenters. The van der Waals surface area contributed by atoms with Gasteiger partial charge in [0.15, 0.2) is 0 Å². The molecule has 8 bridgehead atoms. The summed E-state index contributed by atoms with van der Waals surface area (Å²) < 4.78 is 0. The van der Waals surface area contributed by atoms with Gasteiger partial charge in [-0.15, -0.1) is 0 Å². The van der Waals surface area contributed by atoms with E-state index in [9.17, 15) is 0 Å². The Hall–Kier alpha value is -3.42. The average molecular weight is 582 g/mol. The van der Waals surface area contributed by atoms with Crippen LogP contribution in [0.15, 0.2) is 68.5 Å². The first-order chi connectivity index (χ1) is 19.8. The Bertz CT molecular complexity index is 1710. The van der Waals surface area contributed by atoms with Gasteiger partial charge in [0.1, 0.15) is 0 Å². The van der Waals surface area contributed by atoms with Crippen molar-refractivity contribution >= 4 is 44.9 Å². The zero-order chi connectivity index (χ0) is 26.2. The van der Waals surface area contributed by atoms with Crippen molar-refractivity contribution in [3.63, 3.8) is 0 Å². The molecule has 0 radical (unpaired) electrons. The van der Waals surface area contributed by atoms with Crippen molar-refractivity contribution in [3.05, 3.63) is 70.1 Å². The molecular formula is C32H30FeN8. The molecule has 0 spiro atoms. The van der Waals surface area contributed by atoms with Gasteiger partial charge in [0.05, 0.1) is 0 Å². The van der Waals surface area contributed by atoms with Crippen molar-refractivity contribution in [1.29, 1.82) is 0 Å². The summed E-state index contributed by atoms with van der Waals surface area (Å²) in [6, 6.07) is 16.6. The van der Waals surface area contributed by atoms with E-state index in [-0.39, 0.29) is 29.4 Å². The number of amidine groups is 2. The van der Waals surface area contributed by atoms with Gasteiger partial charge in [0.2, 0.25) is 0 Å². The van der Waals surface area contributed by atoms with E-state index in [1.807, 2.05) is 0 Å². The predicted octanol–water partition coefficient (Wildman–Crippen LogP) is 5.96. The molecule has 2 aromatic carbocycles. The molecule has 5 heterocycles. The summed E-state index contributed by atoms with van der Waals surface area (Å²) in [4.78, 5) is 30.8. The minimum Gasteiger partial charge on any atom is -0.459 e. The number of rotatable bonds is 0. The molecule has 2 saturated heterocycles. The Morgan fingerprint density at radius 2 is 0.976 bits per heavy atom. The van der Waals surface area contributed by atoms with Gasteiger partial charge in [-0.1, -0.05) is 85.9 Å². The molecule has 3 aliphatic heterocycles. The zero-order valence-corrected chi connectivity index (χ0v) is 23.8. The SMILES string of the molecule is [Fe+4].c1ccc2c3[n-]c(c2c1)/N=C1\[N-]C(/N=c2\[n-]/c(c4ccccc24)=N\C2[N-]/C(=N\3)C3CCCCC23)C2CCCCC12. The van der Waals surface area contributed by atoms with Crippen molar-refractivity contribution in [2.75, 3.05) is 0 Å². The van der Waals surface area contributed by atoms with Gasteiger partial charge in [-0.2, -0.15) is 0 Å². The Balaban J connectivity index is 0.00000256. The van der Waals surface area contributed by atoms with Crippen LogP contribution in [0, 0.1) is 23.7 Å². The van der Waals surface area contributed by atoms with Gasteiger partial charge in [-0.3, -0.25) is 0 Å². The molecular weight excluding hydrogens is 552 g/mol. The zero-order valence-electron chi connectivity index (χ0n) is 22.7. The molecule has 206 valence electrons. The van der Waals surface area contributed by atoms with Crippen LogP contribution in [-0.2, 0) is 17.1 Å². The Morgan fingerprint density at radius 3 is 1.46 bits per heavy atom. The molecule has 2 saturated carbocycles. The molecule has 41 heavy (non-hydrogen) atoms. The molecule has 9 heteroatoms. The van der Waals surface area contributed by atoms with Gasteiger partial charge in [0.25, 0.3) is 0 Å². The van der Waals surface area contributed by atoms with Crippen LogP contribution in [0.25, 0.3) is 32.2 Å². The largest absolute Gasteiger partial charge is 4.00 e. The van der Waals surface area contributed by atoms with E-state index in [4.69, 9.17) is 40.6 Å². The molecule has 5 aliphatic rings. The van der Waals surface area contributed by atoms with Crippen molar-refractivity contribution in [1.82, 2.24) is 9.97 Å². The Morgan fingerprint density at radius 1 is 0.537 bits per heavy atom. The molecule has 4 fully saturated rings. The summed E-state index contributed by atoms with van der Waals surface area (Å²) >= 11 is 0. The van der Waals surface area contributed by atoms with Crippen LogP contribution in [-0.4, -0.2) is 24.0 Å². The van der Waals surface area contributed by atoms with E-state index in [0.29, 0.717) is 35.3 Å². The number of benzene rings is 2. The number of aliphatic imine (C=N–C) groups is 2. The number of nitrogens with zero attached hydrogens (tertiary/aromatic N) is 8. The second-order valence-electron chi connectivity index (χ2n) is 12.0. The molecule has 4 aromatic rings. The third-order valence-electron chi connectivity index (χ3n) is 9.79. The monoisotopic (exact) mass is 582 g/mol. The van der Waals surface area contributed by atoms with E-state index in [0.717, 1.165) is 69.9 Å². The van der Waals surface area contributed by atoms with Crippen LogP contribution < -0.4 is 20.9 Å². The fraction of sp³-hybridized carbons (Fsp3) is 0.438. The molecule has 0 amide bonds. The number of aromatic nitrogens is 2. The van der Waals surface area contributed by atoms with Crippen molar-refractivity contribution in [2.24, 2.45) is 43.6 Å². The van der Waals surface area contributed by atoms with E-state index >= 15 is 0 Å². The summed E-state index contributed by atoms with van der Waals surface area (Å²) in [5.41, 5.74) is 1.49. The average Bonchev–Trinajstić information content (AvgIpc) is 3.73. The topological polar surface area (TPSA) is 106 Å². The van der Waals surface area contributed by atoms with E-state index in [2.05, 4.69) is 48.5 Å². The first-order valence-electron chi connectivity index (χ1n) is 14.9. The van der Waals surface area contributed by atoms with Gasteiger partial charge in [-0.25, -0.2) is 0 Å². The number of hydrogen-bond acceptors (Lipinski definition) is 4. The summed E-state index contributed by atoms with van der Waals surface area (Å²) in [7, 11) is 0. The quantitative estimate of drug-likeness (QED) is 0.239. The van der Waals surface area contributed by atoms with Crippen molar-refractivity contribution < 1.29 is 17.1 Å². The minimum atomic E-state index is -0.188. The maximum atomic E-state index is 5.22. The molecule has 2 aromatic heterocycles. The van der Waals surface area contributed by atoms with E-state index in [1.165, 1.54) is 25.7 Å². The molecule has 6 unspecified atom stereocenters. The minimum absolute atomic E-state index is 0. The second kappa shape index (κ2) is 9.85. The molecule has 0 N–H and O–H groups in total. The first-order valence-corrected chi connectivity index (χ1v) is 14.9.